The van der Waals surface area contributed by atoms with Crippen molar-refractivity contribution in [3.63, 3.8) is 0 Å². The Labute approximate surface area is 213 Å². The number of carbonyl (C=O) groups is 2. The van der Waals surface area contributed by atoms with Crippen LogP contribution in [0.1, 0.15) is 21.7 Å². The number of nitrogens with zero attached hydrogens (tertiary/aromatic N) is 2. The Hall–Kier alpha value is -3.94. The number of hydrogen-bond donors (Lipinski definition) is 1. The third-order valence-corrected chi connectivity index (χ3v) is 6.21. The van der Waals surface area contributed by atoms with Crippen molar-refractivity contribution in [3.05, 3.63) is 95.0 Å². The molecule has 5 rings (SSSR count). The van der Waals surface area contributed by atoms with Gasteiger partial charge in [-0.05, 0) is 59.2 Å². The van der Waals surface area contributed by atoms with Gasteiger partial charge in [0, 0.05) is 42.5 Å². The van der Waals surface area contributed by atoms with E-state index in [0.29, 0.717) is 48.2 Å². The summed E-state index contributed by atoms with van der Waals surface area (Å²) in [7, 11) is 0. The third kappa shape index (κ3) is 5.48. The first-order valence-electron chi connectivity index (χ1n) is 11.6. The zero-order valence-electron chi connectivity index (χ0n) is 19.4. The lowest BCUT2D eigenvalue weighted by Gasteiger charge is -2.26. The van der Waals surface area contributed by atoms with Crippen molar-refractivity contribution in [3.8, 4) is 11.1 Å². The molecule has 0 unspecified atom stereocenters. The van der Waals surface area contributed by atoms with Crippen LogP contribution in [0.3, 0.4) is 0 Å². The molecule has 3 heterocycles. The van der Waals surface area contributed by atoms with Gasteiger partial charge in [0.15, 0.2) is 5.58 Å². The molecule has 1 saturated heterocycles. The fraction of sp³-hybridized carbons (Fsp3) is 0.179. The average Bonchev–Trinajstić information content (AvgIpc) is 3.35. The smallest absolute Gasteiger partial charge is 0.254 e. The summed E-state index contributed by atoms with van der Waals surface area (Å²) < 4.78 is 11.2. The molecule has 0 bridgehead atoms. The van der Waals surface area contributed by atoms with Crippen LogP contribution in [0.4, 0.5) is 0 Å². The zero-order valence-corrected chi connectivity index (χ0v) is 20.2. The number of hydrogen-bond acceptors (Lipinski definition) is 5. The van der Waals surface area contributed by atoms with Crippen LogP contribution in [0, 0.1) is 0 Å². The van der Waals surface area contributed by atoms with E-state index in [4.69, 9.17) is 20.8 Å². The summed E-state index contributed by atoms with van der Waals surface area (Å²) in [4.78, 5) is 30.7. The molecule has 182 valence electrons. The number of furan rings is 1. The molecule has 0 radical (unpaired) electrons. The van der Waals surface area contributed by atoms with Crippen LogP contribution in [0.5, 0.6) is 0 Å². The Morgan fingerprint density at radius 3 is 2.61 bits per heavy atom. The molecule has 4 aromatic rings. The minimum Gasteiger partial charge on any atom is -0.458 e. The molecule has 1 aliphatic rings. The van der Waals surface area contributed by atoms with Crippen LogP contribution in [-0.2, 0) is 16.1 Å². The lowest BCUT2D eigenvalue weighted by molar-refractivity contribution is -0.116. The molecular formula is C28H24ClN3O4. The molecule has 0 atom stereocenters. The standard InChI is InChI=1S/C28H24ClN3O4/c29-25-16-22(20-4-6-21(7-5-20)28(34)32-10-12-35-13-11-32)14-23-15-24(36-27(23)25)18-31-26(33)8-3-19-2-1-9-30-17-19/h1-9,14-17H,10-13,18H2,(H,31,33). The number of ether oxygens (including phenoxy) is 1. The third-order valence-electron chi connectivity index (χ3n) is 5.93. The summed E-state index contributed by atoms with van der Waals surface area (Å²) in [6.07, 6.45) is 6.51. The fourth-order valence-corrected chi connectivity index (χ4v) is 4.32. The number of benzene rings is 2. The molecule has 0 spiro atoms. The minimum atomic E-state index is -0.238. The van der Waals surface area contributed by atoms with Crippen LogP contribution in [-0.4, -0.2) is 48.0 Å². The summed E-state index contributed by atoms with van der Waals surface area (Å²) in [6, 6.07) is 16.9. The second-order valence-electron chi connectivity index (χ2n) is 8.41. The molecule has 1 fully saturated rings. The van der Waals surface area contributed by atoms with Gasteiger partial charge in [0.05, 0.1) is 24.8 Å². The Morgan fingerprint density at radius 2 is 1.86 bits per heavy atom. The van der Waals surface area contributed by atoms with E-state index >= 15 is 0 Å². The summed E-state index contributed by atoms with van der Waals surface area (Å²) >= 11 is 6.52. The minimum absolute atomic E-state index is 0.00939. The molecule has 36 heavy (non-hydrogen) atoms. The van der Waals surface area contributed by atoms with E-state index in [9.17, 15) is 9.59 Å². The highest BCUT2D eigenvalue weighted by molar-refractivity contribution is 6.35. The van der Waals surface area contributed by atoms with E-state index in [1.807, 2.05) is 59.5 Å². The lowest BCUT2D eigenvalue weighted by Crippen LogP contribution is -2.40. The molecule has 2 aromatic heterocycles. The van der Waals surface area contributed by atoms with Crippen LogP contribution in [0.15, 0.2) is 77.5 Å². The van der Waals surface area contributed by atoms with Gasteiger partial charge in [-0.25, -0.2) is 0 Å². The number of carbonyl (C=O) groups excluding carboxylic acids is 2. The lowest BCUT2D eigenvalue weighted by atomic mass is 10.0. The van der Waals surface area contributed by atoms with Gasteiger partial charge in [0.25, 0.3) is 5.91 Å². The fourth-order valence-electron chi connectivity index (χ4n) is 4.05. The summed E-state index contributed by atoms with van der Waals surface area (Å²) in [5.74, 6) is 0.367. The second-order valence-corrected chi connectivity index (χ2v) is 8.82. The predicted molar refractivity (Wildman–Crippen MR) is 139 cm³/mol. The van der Waals surface area contributed by atoms with Gasteiger partial charge >= 0.3 is 0 Å². The quantitative estimate of drug-likeness (QED) is 0.378. The van der Waals surface area contributed by atoms with Gasteiger partial charge in [-0.1, -0.05) is 29.8 Å². The average molecular weight is 502 g/mol. The largest absolute Gasteiger partial charge is 0.458 e. The maximum absolute atomic E-state index is 12.7. The number of amides is 2. The highest BCUT2D eigenvalue weighted by Gasteiger charge is 2.18. The first-order chi connectivity index (χ1) is 17.6. The van der Waals surface area contributed by atoms with Crippen LogP contribution < -0.4 is 5.32 Å². The highest BCUT2D eigenvalue weighted by atomic mass is 35.5. The number of rotatable bonds is 6. The predicted octanol–water partition coefficient (Wildman–Crippen LogP) is 4.95. The van der Waals surface area contributed by atoms with Crippen LogP contribution in [0.25, 0.3) is 28.2 Å². The van der Waals surface area contributed by atoms with E-state index in [2.05, 4.69) is 10.3 Å². The van der Waals surface area contributed by atoms with Gasteiger partial charge in [0.2, 0.25) is 5.91 Å². The summed E-state index contributed by atoms with van der Waals surface area (Å²) in [5.41, 5.74) is 3.90. The topological polar surface area (TPSA) is 84.7 Å². The van der Waals surface area contributed by atoms with Crippen molar-refractivity contribution in [2.75, 3.05) is 26.3 Å². The molecule has 1 aliphatic heterocycles. The molecule has 2 aromatic carbocycles. The van der Waals surface area contributed by atoms with Gasteiger partial charge in [0.1, 0.15) is 5.76 Å². The Morgan fingerprint density at radius 1 is 1.06 bits per heavy atom. The molecular weight excluding hydrogens is 478 g/mol. The number of aromatic nitrogens is 1. The van der Waals surface area contributed by atoms with E-state index in [-0.39, 0.29) is 18.4 Å². The van der Waals surface area contributed by atoms with Crippen molar-refractivity contribution in [1.29, 1.82) is 0 Å². The Balaban J connectivity index is 1.27. The number of morpholine rings is 1. The number of halogens is 1. The molecule has 0 aliphatic carbocycles. The Bertz CT molecular complexity index is 1410. The van der Waals surface area contributed by atoms with Gasteiger partial charge < -0.3 is 19.4 Å². The van der Waals surface area contributed by atoms with E-state index in [1.54, 1.807) is 18.5 Å². The maximum atomic E-state index is 12.7. The molecule has 1 N–H and O–H groups in total. The van der Waals surface area contributed by atoms with E-state index in [1.165, 1.54) is 6.08 Å². The number of nitrogens with one attached hydrogen (secondary N) is 1. The zero-order chi connectivity index (χ0) is 24.9. The number of fused-ring (bicyclic) bond motifs is 1. The normalized spacial score (nSPS) is 13.9. The van der Waals surface area contributed by atoms with Crippen LogP contribution in [0.2, 0.25) is 5.02 Å². The van der Waals surface area contributed by atoms with Gasteiger partial charge in [-0.2, -0.15) is 0 Å². The summed E-state index contributed by atoms with van der Waals surface area (Å²) in [5, 5.41) is 4.12. The molecule has 2 amide bonds. The monoisotopic (exact) mass is 501 g/mol. The van der Waals surface area contributed by atoms with E-state index < -0.39 is 0 Å². The Kier molecular flexibility index (Phi) is 7.11. The number of pyridine rings is 1. The first kappa shape index (κ1) is 23.8. The van der Waals surface area contributed by atoms with Crippen molar-refractivity contribution in [2.45, 2.75) is 6.54 Å². The highest BCUT2D eigenvalue weighted by Crippen LogP contribution is 2.33. The van der Waals surface area contributed by atoms with Gasteiger partial charge in [-0.15, -0.1) is 0 Å². The van der Waals surface area contributed by atoms with Gasteiger partial charge in [-0.3, -0.25) is 14.6 Å². The van der Waals surface area contributed by atoms with Crippen molar-refractivity contribution >= 4 is 40.5 Å². The molecule has 0 saturated carbocycles. The van der Waals surface area contributed by atoms with Crippen molar-refractivity contribution in [1.82, 2.24) is 15.2 Å². The van der Waals surface area contributed by atoms with Crippen molar-refractivity contribution < 1.29 is 18.7 Å². The van der Waals surface area contributed by atoms with E-state index in [0.717, 1.165) is 22.1 Å². The molecule has 7 nitrogen and oxygen atoms in total. The first-order valence-corrected chi connectivity index (χ1v) is 12.0. The summed E-state index contributed by atoms with van der Waals surface area (Å²) in [6.45, 7) is 2.59. The SMILES string of the molecule is O=C(C=Cc1cccnc1)NCc1cc2cc(-c3ccc(C(=O)N4CCOCC4)cc3)cc(Cl)c2o1. The maximum Gasteiger partial charge on any atom is 0.254 e. The molecule has 8 heteroatoms. The second kappa shape index (κ2) is 10.8. The van der Waals surface area contributed by atoms with Crippen molar-refractivity contribution in [2.24, 2.45) is 0 Å². The van der Waals surface area contributed by atoms with Crippen LogP contribution >= 0.6 is 11.6 Å².